The fraction of sp³-hybridized carbons (Fsp3) is 0.263. The number of amides is 1. The Kier molecular flexibility index (Phi) is 5.06. The molecule has 7 heteroatoms. The molecule has 2 aromatic carbocycles. The van der Waals surface area contributed by atoms with Gasteiger partial charge in [-0.05, 0) is 53.8 Å². The lowest BCUT2D eigenvalue weighted by atomic mass is 10.1. The first kappa shape index (κ1) is 17.3. The minimum Gasteiger partial charge on any atom is -0.367 e. The molecule has 0 unspecified atom stereocenters. The largest absolute Gasteiger partial charge is 0.367 e. The standard InChI is InChI=1S/C19H19ClN4OS/c20-15-11-16-13(10-18(25)23-16)9-12(15)5-6-21-7-8-22-19-14-3-1-2-4-17(14)26-24-19/h1-4,9,11,21H,5-8,10H2,(H,22,24)(H,23,25). The highest BCUT2D eigenvalue weighted by Gasteiger charge is 2.19. The lowest BCUT2D eigenvalue weighted by Gasteiger charge is -2.09. The Hall–Kier alpha value is -2.15. The van der Waals surface area contributed by atoms with E-state index in [1.165, 1.54) is 21.6 Å². The second-order valence-electron chi connectivity index (χ2n) is 6.28. The highest BCUT2D eigenvalue weighted by molar-refractivity contribution is 7.13. The maximum atomic E-state index is 11.5. The van der Waals surface area contributed by atoms with Gasteiger partial charge in [0, 0.05) is 29.2 Å². The van der Waals surface area contributed by atoms with Crippen LogP contribution in [0.4, 0.5) is 11.5 Å². The Morgan fingerprint density at radius 2 is 2.08 bits per heavy atom. The zero-order chi connectivity index (χ0) is 17.9. The number of anilines is 2. The Morgan fingerprint density at radius 3 is 3.00 bits per heavy atom. The lowest BCUT2D eigenvalue weighted by molar-refractivity contribution is -0.115. The second-order valence-corrected chi connectivity index (χ2v) is 7.49. The fourth-order valence-electron chi connectivity index (χ4n) is 3.12. The zero-order valence-corrected chi connectivity index (χ0v) is 15.7. The average Bonchev–Trinajstić information content (AvgIpc) is 3.20. The van der Waals surface area contributed by atoms with Crippen LogP contribution >= 0.6 is 23.1 Å². The number of fused-ring (bicyclic) bond motifs is 2. The summed E-state index contributed by atoms with van der Waals surface area (Å²) in [5.41, 5.74) is 2.95. The average molecular weight is 387 g/mol. The van der Waals surface area contributed by atoms with Crippen LogP contribution in [0, 0.1) is 0 Å². The molecule has 0 saturated carbocycles. The van der Waals surface area contributed by atoms with Gasteiger partial charge in [-0.15, -0.1) is 0 Å². The number of hydrogen-bond acceptors (Lipinski definition) is 5. The number of benzene rings is 2. The van der Waals surface area contributed by atoms with E-state index < -0.39 is 0 Å². The number of hydrogen-bond donors (Lipinski definition) is 3. The third-order valence-corrected chi connectivity index (χ3v) is 5.62. The maximum Gasteiger partial charge on any atom is 0.228 e. The SMILES string of the molecule is O=C1Cc2cc(CCNCCNc3nsc4ccccc34)c(Cl)cc2N1. The van der Waals surface area contributed by atoms with Gasteiger partial charge in [0.05, 0.1) is 11.1 Å². The molecule has 0 aliphatic carbocycles. The smallest absolute Gasteiger partial charge is 0.228 e. The Labute approximate surface area is 160 Å². The summed E-state index contributed by atoms with van der Waals surface area (Å²) in [6.45, 7) is 2.48. The lowest BCUT2D eigenvalue weighted by Crippen LogP contribution is -2.24. The quantitative estimate of drug-likeness (QED) is 0.542. The van der Waals surface area contributed by atoms with Crippen LogP contribution < -0.4 is 16.0 Å². The van der Waals surface area contributed by atoms with Crippen LogP contribution in [0.15, 0.2) is 36.4 Å². The minimum absolute atomic E-state index is 0.0342. The number of carbonyl (C=O) groups excluding carboxylic acids is 1. The number of aromatic nitrogens is 1. The third-order valence-electron chi connectivity index (χ3n) is 4.44. The minimum atomic E-state index is 0.0342. The Balaban J connectivity index is 1.24. The van der Waals surface area contributed by atoms with Gasteiger partial charge < -0.3 is 16.0 Å². The van der Waals surface area contributed by atoms with Crippen LogP contribution in [0.2, 0.25) is 5.02 Å². The predicted molar refractivity (Wildman–Crippen MR) is 108 cm³/mol. The molecule has 0 spiro atoms. The molecular weight excluding hydrogens is 368 g/mol. The monoisotopic (exact) mass is 386 g/mol. The topological polar surface area (TPSA) is 66.0 Å². The van der Waals surface area contributed by atoms with Crippen molar-refractivity contribution in [3.05, 3.63) is 52.5 Å². The molecule has 1 aliphatic heterocycles. The van der Waals surface area contributed by atoms with Crippen LogP contribution in [0.25, 0.3) is 10.1 Å². The number of carbonyl (C=O) groups is 1. The summed E-state index contributed by atoms with van der Waals surface area (Å²) in [7, 11) is 0. The molecule has 4 rings (SSSR count). The van der Waals surface area contributed by atoms with E-state index in [2.05, 4.69) is 32.5 Å². The molecule has 1 aliphatic rings. The molecular formula is C19H19ClN4OS. The normalized spacial score (nSPS) is 13.0. The van der Waals surface area contributed by atoms with Crippen molar-refractivity contribution in [3.63, 3.8) is 0 Å². The Morgan fingerprint density at radius 1 is 1.19 bits per heavy atom. The summed E-state index contributed by atoms with van der Waals surface area (Å²) in [4.78, 5) is 11.5. The summed E-state index contributed by atoms with van der Waals surface area (Å²) < 4.78 is 5.66. The molecule has 3 N–H and O–H groups in total. The van der Waals surface area contributed by atoms with Gasteiger partial charge in [-0.3, -0.25) is 4.79 Å². The number of rotatable bonds is 7. The molecule has 3 aromatic rings. The van der Waals surface area contributed by atoms with Crippen molar-refractivity contribution >= 4 is 50.6 Å². The van der Waals surface area contributed by atoms with E-state index in [0.717, 1.165) is 48.7 Å². The molecule has 26 heavy (non-hydrogen) atoms. The predicted octanol–water partition coefficient (Wildman–Crippen LogP) is 3.69. The zero-order valence-electron chi connectivity index (χ0n) is 14.1. The van der Waals surface area contributed by atoms with E-state index in [-0.39, 0.29) is 5.91 Å². The van der Waals surface area contributed by atoms with E-state index in [1.807, 2.05) is 24.3 Å². The molecule has 0 fully saturated rings. The van der Waals surface area contributed by atoms with Crippen LogP contribution in [-0.4, -0.2) is 29.9 Å². The van der Waals surface area contributed by atoms with Gasteiger partial charge in [-0.1, -0.05) is 29.8 Å². The first-order chi connectivity index (χ1) is 12.7. The molecule has 0 bridgehead atoms. The molecule has 0 radical (unpaired) electrons. The van der Waals surface area contributed by atoms with Crippen LogP contribution in [-0.2, 0) is 17.6 Å². The highest BCUT2D eigenvalue weighted by Crippen LogP contribution is 2.30. The number of nitrogens with one attached hydrogen (secondary N) is 3. The number of halogens is 1. The fourth-order valence-corrected chi connectivity index (χ4v) is 4.13. The van der Waals surface area contributed by atoms with Crippen molar-refractivity contribution in [2.75, 3.05) is 30.3 Å². The Bertz CT molecular complexity index is 956. The van der Waals surface area contributed by atoms with Crippen molar-refractivity contribution in [1.82, 2.24) is 9.69 Å². The molecule has 2 heterocycles. The summed E-state index contributed by atoms with van der Waals surface area (Å²) >= 11 is 7.83. The first-order valence-corrected chi connectivity index (χ1v) is 9.76. The van der Waals surface area contributed by atoms with Gasteiger partial charge in [0.2, 0.25) is 5.91 Å². The molecule has 0 atom stereocenters. The summed E-state index contributed by atoms with van der Waals surface area (Å²) in [5.74, 6) is 0.984. The van der Waals surface area contributed by atoms with E-state index in [0.29, 0.717) is 11.4 Å². The van der Waals surface area contributed by atoms with Crippen molar-refractivity contribution in [1.29, 1.82) is 0 Å². The summed E-state index contributed by atoms with van der Waals surface area (Å²) in [6.07, 6.45) is 1.28. The van der Waals surface area contributed by atoms with Crippen LogP contribution in [0.1, 0.15) is 11.1 Å². The van der Waals surface area contributed by atoms with Crippen molar-refractivity contribution in [2.45, 2.75) is 12.8 Å². The second kappa shape index (κ2) is 7.61. The van der Waals surface area contributed by atoms with E-state index in [1.54, 1.807) is 0 Å². The third kappa shape index (κ3) is 3.67. The van der Waals surface area contributed by atoms with Gasteiger partial charge in [0.15, 0.2) is 0 Å². The maximum absolute atomic E-state index is 11.5. The van der Waals surface area contributed by atoms with Gasteiger partial charge >= 0.3 is 0 Å². The molecule has 1 amide bonds. The molecule has 134 valence electrons. The van der Waals surface area contributed by atoms with Gasteiger partial charge in [0.1, 0.15) is 5.82 Å². The number of nitrogens with zero attached hydrogens (tertiary/aromatic N) is 1. The van der Waals surface area contributed by atoms with E-state index in [9.17, 15) is 4.79 Å². The highest BCUT2D eigenvalue weighted by atomic mass is 35.5. The van der Waals surface area contributed by atoms with Gasteiger partial charge in [-0.2, -0.15) is 4.37 Å². The van der Waals surface area contributed by atoms with Crippen LogP contribution in [0.5, 0.6) is 0 Å². The van der Waals surface area contributed by atoms with Crippen molar-refractivity contribution in [3.8, 4) is 0 Å². The molecule has 1 aromatic heterocycles. The molecule has 5 nitrogen and oxygen atoms in total. The van der Waals surface area contributed by atoms with Crippen molar-refractivity contribution in [2.24, 2.45) is 0 Å². The summed E-state index contributed by atoms with van der Waals surface area (Å²) in [6, 6.07) is 12.1. The van der Waals surface area contributed by atoms with E-state index >= 15 is 0 Å². The van der Waals surface area contributed by atoms with Gasteiger partial charge in [0.25, 0.3) is 0 Å². The van der Waals surface area contributed by atoms with E-state index in [4.69, 9.17) is 11.6 Å². The van der Waals surface area contributed by atoms with Gasteiger partial charge in [-0.25, -0.2) is 0 Å². The van der Waals surface area contributed by atoms with Crippen molar-refractivity contribution < 1.29 is 4.79 Å². The first-order valence-electron chi connectivity index (χ1n) is 8.61. The van der Waals surface area contributed by atoms with Crippen LogP contribution in [0.3, 0.4) is 0 Å². The summed E-state index contributed by atoms with van der Waals surface area (Å²) in [5, 5.41) is 11.5. The molecule has 0 saturated heterocycles.